The summed E-state index contributed by atoms with van der Waals surface area (Å²) in [6.45, 7) is 11.1. The van der Waals surface area contributed by atoms with Crippen molar-refractivity contribution in [3.8, 4) is 0 Å². The molecular formula is C22H33N5O3S. The predicted octanol–water partition coefficient (Wildman–Crippen LogP) is 3.48. The minimum Gasteiger partial charge on any atom is -0.342 e. The van der Waals surface area contributed by atoms with Gasteiger partial charge in [-0.1, -0.05) is 33.8 Å². The Kier molecular flexibility index (Phi) is 7.16. The van der Waals surface area contributed by atoms with Crippen LogP contribution >= 0.6 is 0 Å². The first kappa shape index (κ1) is 23.4. The summed E-state index contributed by atoms with van der Waals surface area (Å²) in [6, 6.07) is 5.84. The number of nitrogens with zero attached hydrogens (tertiary/aromatic N) is 3. The summed E-state index contributed by atoms with van der Waals surface area (Å²) < 4.78 is 27.9. The number of carbonyl (C=O) groups excluding carboxylic acids is 1. The number of amides is 1. The van der Waals surface area contributed by atoms with E-state index >= 15 is 0 Å². The zero-order valence-corrected chi connectivity index (χ0v) is 19.7. The number of hydrogen-bond acceptors (Lipinski definition) is 5. The zero-order valence-electron chi connectivity index (χ0n) is 18.9. The summed E-state index contributed by atoms with van der Waals surface area (Å²) in [5.41, 5.74) is 0.299. The Bertz CT molecular complexity index is 1010. The lowest BCUT2D eigenvalue weighted by Gasteiger charge is -2.34. The van der Waals surface area contributed by atoms with Gasteiger partial charge in [0.25, 0.3) is 5.91 Å². The number of nitrogens with one attached hydrogen (secondary N) is 2. The van der Waals surface area contributed by atoms with E-state index in [0.29, 0.717) is 36.3 Å². The van der Waals surface area contributed by atoms with Gasteiger partial charge in [0.15, 0.2) is 5.82 Å². The molecule has 0 bridgehead atoms. The van der Waals surface area contributed by atoms with Gasteiger partial charge in [0.2, 0.25) is 10.0 Å². The molecule has 2 aromatic rings. The van der Waals surface area contributed by atoms with Crippen LogP contribution in [0.4, 0.5) is 0 Å². The highest BCUT2D eigenvalue weighted by Crippen LogP contribution is 2.27. The molecule has 2 N–H and O–H groups in total. The molecule has 1 aliphatic rings. The van der Waals surface area contributed by atoms with Crippen molar-refractivity contribution >= 4 is 15.9 Å². The number of benzene rings is 1. The average molecular weight is 448 g/mol. The van der Waals surface area contributed by atoms with E-state index < -0.39 is 10.0 Å². The number of rotatable bonds is 7. The number of aromatic amines is 1. The van der Waals surface area contributed by atoms with Crippen molar-refractivity contribution < 1.29 is 13.2 Å². The van der Waals surface area contributed by atoms with E-state index in [1.54, 1.807) is 18.2 Å². The van der Waals surface area contributed by atoms with Crippen molar-refractivity contribution in [3.05, 3.63) is 41.5 Å². The Labute approximate surface area is 184 Å². The lowest BCUT2D eigenvalue weighted by Crippen LogP contribution is -2.42. The standard InChI is InChI=1S/C22H33N5O3S/c1-6-16(4)20-24-21(26-25-20)17(5)23-22(28)18-8-7-9-19(11-18)31(29,30)27-12-14(2)10-15(3)13-27/h7-9,11,14-17H,6,10,12-13H2,1-5H3,(H,23,28)(H,24,25,26)/t14-,15+,16-,17+/m0/s1. The van der Waals surface area contributed by atoms with E-state index in [9.17, 15) is 13.2 Å². The summed E-state index contributed by atoms with van der Waals surface area (Å²) >= 11 is 0. The number of sulfonamides is 1. The van der Waals surface area contributed by atoms with Crippen LogP contribution in [0.2, 0.25) is 0 Å². The lowest BCUT2D eigenvalue weighted by atomic mass is 9.94. The monoisotopic (exact) mass is 447 g/mol. The molecule has 31 heavy (non-hydrogen) atoms. The smallest absolute Gasteiger partial charge is 0.251 e. The molecule has 4 atom stereocenters. The van der Waals surface area contributed by atoms with Gasteiger partial charge in [-0.05, 0) is 49.8 Å². The molecule has 0 unspecified atom stereocenters. The van der Waals surface area contributed by atoms with Crippen molar-refractivity contribution in [1.82, 2.24) is 24.8 Å². The molecule has 3 rings (SSSR count). The van der Waals surface area contributed by atoms with Crippen LogP contribution in [0.25, 0.3) is 0 Å². The van der Waals surface area contributed by atoms with Crippen molar-refractivity contribution in [2.45, 2.75) is 64.3 Å². The molecule has 1 aromatic heterocycles. The van der Waals surface area contributed by atoms with Crippen molar-refractivity contribution in [2.24, 2.45) is 11.8 Å². The first-order chi connectivity index (χ1) is 14.6. The average Bonchev–Trinajstić information content (AvgIpc) is 3.23. The van der Waals surface area contributed by atoms with Crippen LogP contribution in [-0.4, -0.2) is 46.9 Å². The molecule has 2 heterocycles. The van der Waals surface area contributed by atoms with Gasteiger partial charge in [0.05, 0.1) is 10.9 Å². The van der Waals surface area contributed by atoms with E-state index in [1.807, 2.05) is 13.8 Å². The third kappa shape index (κ3) is 5.33. The molecule has 0 radical (unpaired) electrons. The molecule has 9 heteroatoms. The molecule has 1 fully saturated rings. The van der Waals surface area contributed by atoms with Gasteiger partial charge in [0, 0.05) is 24.6 Å². The second-order valence-electron chi connectivity index (χ2n) is 8.88. The Balaban J connectivity index is 1.74. The van der Waals surface area contributed by atoms with Crippen LogP contribution in [-0.2, 0) is 10.0 Å². The highest BCUT2D eigenvalue weighted by atomic mass is 32.2. The molecule has 0 spiro atoms. The second kappa shape index (κ2) is 9.48. The maximum atomic E-state index is 13.2. The number of H-pyrrole nitrogens is 1. The van der Waals surface area contributed by atoms with Gasteiger partial charge >= 0.3 is 0 Å². The van der Waals surface area contributed by atoms with Gasteiger partial charge in [-0.2, -0.15) is 9.40 Å². The number of piperidine rings is 1. The topological polar surface area (TPSA) is 108 Å². The lowest BCUT2D eigenvalue weighted by molar-refractivity contribution is 0.0938. The number of aromatic nitrogens is 3. The maximum absolute atomic E-state index is 13.2. The molecule has 1 amide bonds. The van der Waals surface area contributed by atoms with Gasteiger partial charge in [0.1, 0.15) is 5.82 Å². The summed E-state index contributed by atoms with van der Waals surface area (Å²) in [7, 11) is -3.65. The molecule has 1 saturated heterocycles. The number of hydrogen-bond donors (Lipinski definition) is 2. The van der Waals surface area contributed by atoms with Gasteiger partial charge in [-0.3, -0.25) is 9.89 Å². The first-order valence-electron chi connectivity index (χ1n) is 10.9. The highest BCUT2D eigenvalue weighted by molar-refractivity contribution is 7.89. The molecule has 1 aliphatic heterocycles. The first-order valence-corrected chi connectivity index (χ1v) is 12.4. The molecule has 170 valence electrons. The predicted molar refractivity (Wildman–Crippen MR) is 119 cm³/mol. The summed E-state index contributed by atoms with van der Waals surface area (Å²) in [5, 5.41) is 9.99. The van der Waals surface area contributed by atoms with Crippen LogP contribution < -0.4 is 5.32 Å². The Morgan fingerprint density at radius 1 is 1.26 bits per heavy atom. The van der Waals surface area contributed by atoms with Gasteiger partial charge in [-0.15, -0.1) is 0 Å². The van der Waals surface area contributed by atoms with Crippen LogP contribution in [0, 0.1) is 11.8 Å². The third-order valence-electron chi connectivity index (χ3n) is 5.90. The normalized spacial score (nSPS) is 22.1. The van der Waals surface area contributed by atoms with Crippen molar-refractivity contribution in [1.29, 1.82) is 0 Å². The molecule has 8 nitrogen and oxygen atoms in total. The van der Waals surface area contributed by atoms with Crippen LogP contribution in [0.5, 0.6) is 0 Å². The maximum Gasteiger partial charge on any atom is 0.251 e. The fourth-order valence-electron chi connectivity index (χ4n) is 3.98. The van der Waals surface area contributed by atoms with E-state index in [0.717, 1.165) is 18.7 Å². The van der Waals surface area contributed by atoms with Crippen molar-refractivity contribution in [3.63, 3.8) is 0 Å². The zero-order chi connectivity index (χ0) is 22.8. The van der Waals surface area contributed by atoms with E-state index in [4.69, 9.17) is 0 Å². The van der Waals surface area contributed by atoms with E-state index in [1.165, 1.54) is 10.4 Å². The molecule has 0 saturated carbocycles. The Morgan fingerprint density at radius 2 is 1.94 bits per heavy atom. The minimum atomic E-state index is -3.65. The Hall–Kier alpha value is -2.26. The van der Waals surface area contributed by atoms with Crippen LogP contribution in [0.1, 0.15) is 81.4 Å². The second-order valence-corrected chi connectivity index (χ2v) is 10.8. The number of carbonyl (C=O) groups is 1. The van der Waals surface area contributed by atoms with Gasteiger partial charge < -0.3 is 5.32 Å². The quantitative estimate of drug-likeness (QED) is 0.676. The summed E-state index contributed by atoms with van der Waals surface area (Å²) in [6.07, 6.45) is 1.95. The van der Waals surface area contributed by atoms with Crippen molar-refractivity contribution in [2.75, 3.05) is 13.1 Å². The summed E-state index contributed by atoms with van der Waals surface area (Å²) in [5.74, 6) is 1.79. The fraction of sp³-hybridized carbons (Fsp3) is 0.591. The molecule has 1 aromatic carbocycles. The third-order valence-corrected chi connectivity index (χ3v) is 7.73. The fourth-order valence-corrected chi connectivity index (χ4v) is 5.71. The minimum absolute atomic E-state index is 0.146. The molecular weight excluding hydrogens is 414 g/mol. The molecule has 0 aliphatic carbocycles. The summed E-state index contributed by atoms with van der Waals surface area (Å²) in [4.78, 5) is 17.4. The largest absolute Gasteiger partial charge is 0.342 e. The highest BCUT2D eigenvalue weighted by Gasteiger charge is 2.32. The Morgan fingerprint density at radius 3 is 2.58 bits per heavy atom. The SMILES string of the molecule is CC[C@H](C)c1n[nH]c([C@@H](C)NC(=O)c2cccc(S(=O)(=O)N3C[C@H](C)C[C@H](C)C3)c2)n1. The van der Waals surface area contributed by atoms with Crippen LogP contribution in [0.15, 0.2) is 29.2 Å². The van der Waals surface area contributed by atoms with E-state index in [-0.39, 0.29) is 22.8 Å². The van der Waals surface area contributed by atoms with E-state index in [2.05, 4.69) is 41.3 Å². The van der Waals surface area contributed by atoms with Gasteiger partial charge in [-0.25, -0.2) is 13.4 Å². The van der Waals surface area contributed by atoms with Crippen LogP contribution in [0.3, 0.4) is 0 Å².